The number of carboxylic acid groups (broad SMARTS) is 1. The summed E-state index contributed by atoms with van der Waals surface area (Å²) in [6.07, 6.45) is 0. The second-order valence-electron chi connectivity index (χ2n) is 3.10. The number of anilines is 1. The molecule has 17 heavy (non-hydrogen) atoms. The van der Waals surface area contributed by atoms with Crippen molar-refractivity contribution in [1.82, 2.24) is 4.72 Å². The minimum Gasteiger partial charge on any atom is -0.478 e. The minimum absolute atomic E-state index is 0.0126. The molecule has 1 aromatic carbocycles. The second kappa shape index (κ2) is 5.35. The van der Waals surface area contributed by atoms with Gasteiger partial charge in [-0.1, -0.05) is 18.5 Å². The standard InChI is InChI=1S/C9H11ClN2O4S/c1-2-11-17(15,16)12-8-4-3-6(9(13)14)5-7(8)10/h3-5,11-12H,2H2,1H3,(H,13,14). The first-order valence-electron chi connectivity index (χ1n) is 4.66. The van der Waals surface area contributed by atoms with Crippen LogP contribution in [0.2, 0.25) is 5.02 Å². The van der Waals surface area contributed by atoms with E-state index < -0.39 is 16.2 Å². The van der Waals surface area contributed by atoms with E-state index in [4.69, 9.17) is 16.7 Å². The molecule has 8 heteroatoms. The molecular formula is C9H11ClN2O4S. The van der Waals surface area contributed by atoms with Crippen LogP contribution in [-0.2, 0) is 10.2 Å². The molecule has 0 saturated carbocycles. The van der Waals surface area contributed by atoms with Gasteiger partial charge in [0.2, 0.25) is 0 Å². The number of carbonyl (C=O) groups is 1. The van der Waals surface area contributed by atoms with Gasteiger partial charge in [-0.25, -0.2) is 4.79 Å². The first kappa shape index (κ1) is 13.8. The van der Waals surface area contributed by atoms with E-state index in [0.717, 1.165) is 0 Å². The number of rotatable bonds is 5. The summed E-state index contributed by atoms with van der Waals surface area (Å²) in [7, 11) is -3.67. The molecule has 0 fully saturated rings. The lowest BCUT2D eigenvalue weighted by Gasteiger charge is -2.09. The third-order valence-electron chi connectivity index (χ3n) is 1.79. The van der Waals surface area contributed by atoms with E-state index in [1.54, 1.807) is 6.92 Å². The maximum absolute atomic E-state index is 11.4. The molecule has 3 N–H and O–H groups in total. The molecule has 0 unspecified atom stereocenters. The Labute approximate surface area is 104 Å². The van der Waals surface area contributed by atoms with Gasteiger partial charge in [-0.3, -0.25) is 4.72 Å². The molecule has 0 radical (unpaired) electrons. The van der Waals surface area contributed by atoms with Crippen molar-refractivity contribution in [3.63, 3.8) is 0 Å². The lowest BCUT2D eigenvalue weighted by molar-refractivity contribution is 0.0697. The lowest BCUT2D eigenvalue weighted by Crippen LogP contribution is -2.29. The first-order valence-corrected chi connectivity index (χ1v) is 6.52. The van der Waals surface area contributed by atoms with Crippen LogP contribution in [0.4, 0.5) is 5.69 Å². The van der Waals surface area contributed by atoms with Crippen molar-refractivity contribution in [2.45, 2.75) is 6.92 Å². The Morgan fingerprint density at radius 1 is 1.47 bits per heavy atom. The molecule has 0 atom stereocenters. The molecule has 0 spiro atoms. The van der Waals surface area contributed by atoms with Crippen molar-refractivity contribution in [3.8, 4) is 0 Å². The number of aromatic carboxylic acids is 1. The quantitative estimate of drug-likeness (QED) is 0.756. The molecular weight excluding hydrogens is 268 g/mol. The summed E-state index contributed by atoms with van der Waals surface area (Å²) in [5.74, 6) is -1.13. The van der Waals surface area contributed by atoms with E-state index in [9.17, 15) is 13.2 Å². The number of nitrogens with one attached hydrogen (secondary N) is 2. The number of halogens is 1. The molecule has 0 bridgehead atoms. The molecule has 0 saturated heterocycles. The largest absolute Gasteiger partial charge is 0.478 e. The van der Waals surface area contributed by atoms with Gasteiger partial charge >= 0.3 is 5.97 Å². The minimum atomic E-state index is -3.67. The first-order chi connectivity index (χ1) is 7.85. The van der Waals surface area contributed by atoms with Crippen molar-refractivity contribution in [3.05, 3.63) is 28.8 Å². The average Bonchev–Trinajstić information content (AvgIpc) is 2.20. The van der Waals surface area contributed by atoms with Crippen LogP contribution in [0.25, 0.3) is 0 Å². The molecule has 6 nitrogen and oxygen atoms in total. The van der Waals surface area contributed by atoms with Gasteiger partial charge in [-0.15, -0.1) is 0 Å². The van der Waals surface area contributed by atoms with Crippen molar-refractivity contribution >= 4 is 33.5 Å². The third-order valence-corrected chi connectivity index (χ3v) is 3.26. The molecule has 1 aromatic rings. The topological polar surface area (TPSA) is 95.5 Å². The van der Waals surface area contributed by atoms with Crippen molar-refractivity contribution in [1.29, 1.82) is 0 Å². The molecule has 0 aliphatic heterocycles. The monoisotopic (exact) mass is 278 g/mol. The maximum atomic E-state index is 11.4. The average molecular weight is 279 g/mol. The Morgan fingerprint density at radius 2 is 2.12 bits per heavy atom. The molecule has 0 aromatic heterocycles. The zero-order valence-electron chi connectivity index (χ0n) is 8.90. The van der Waals surface area contributed by atoms with Crippen LogP contribution in [0.3, 0.4) is 0 Å². The van der Waals surface area contributed by atoms with Crippen molar-refractivity contribution in [2.24, 2.45) is 0 Å². The van der Waals surface area contributed by atoms with Gasteiger partial charge in [0, 0.05) is 6.54 Å². The zero-order chi connectivity index (χ0) is 13.1. The highest BCUT2D eigenvalue weighted by atomic mass is 35.5. The van der Waals surface area contributed by atoms with E-state index >= 15 is 0 Å². The smallest absolute Gasteiger partial charge is 0.335 e. The number of hydrogen-bond acceptors (Lipinski definition) is 3. The van der Waals surface area contributed by atoms with Crippen LogP contribution in [0, 0.1) is 0 Å². The summed E-state index contributed by atoms with van der Waals surface area (Å²) in [6.45, 7) is 1.87. The highest BCUT2D eigenvalue weighted by Gasteiger charge is 2.12. The highest BCUT2D eigenvalue weighted by Crippen LogP contribution is 2.23. The summed E-state index contributed by atoms with van der Waals surface area (Å²) in [4.78, 5) is 10.6. The van der Waals surface area contributed by atoms with E-state index in [2.05, 4.69) is 9.44 Å². The summed E-state index contributed by atoms with van der Waals surface area (Å²) >= 11 is 5.76. The summed E-state index contributed by atoms with van der Waals surface area (Å²) < 4.78 is 27.2. The lowest BCUT2D eigenvalue weighted by atomic mass is 10.2. The number of hydrogen-bond donors (Lipinski definition) is 3. The van der Waals surface area contributed by atoms with E-state index in [0.29, 0.717) is 0 Å². The predicted molar refractivity (Wildman–Crippen MR) is 64.6 cm³/mol. The van der Waals surface area contributed by atoms with Gasteiger partial charge in [-0.2, -0.15) is 13.1 Å². The molecule has 1 rings (SSSR count). The predicted octanol–water partition coefficient (Wildman–Crippen LogP) is 1.30. The summed E-state index contributed by atoms with van der Waals surface area (Å²) in [6, 6.07) is 3.73. The fourth-order valence-electron chi connectivity index (χ4n) is 1.10. The fourth-order valence-corrected chi connectivity index (χ4v) is 2.31. The number of carboxylic acids is 1. The molecule has 0 aliphatic rings. The third kappa shape index (κ3) is 3.88. The summed E-state index contributed by atoms with van der Waals surface area (Å²) in [5.41, 5.74) is 0.110. The fraction of sp³-hybridized carbons (Fsp3) is 0.222. The summed E-state index contributed by atoms with van der Waals surface area (Å²) in [5, 5.41) is 8.73. The van der Waals surface area contributed by atoms with Gasteiger partial charge in [0.25, 0.3) is 10.2 Å². The van der Waals surface area contributed by atoms with E-state index in [1.807, 2.05) is 0 Å². The molecule has 0 heterocycles. The number of benzene rings is 1. The normalized spacial score (nSPS) is 11.2. The van der Waals surface area contributed by atoms with Gasteiger partial charge in [0.05, 0.1) is 16.3 Å². The highest BCUT2D eigenvalue weighted by molar-refractivity contribution is 7.90. The van der Waals surface area contributed by atoms with Crippen LogP contribution >= 0.6 is 11.6 Å². The Kier molecular flexibility index (Phi) is 4.33. The van der Waals surface area contributed by atoms with Crippen LogP contribution in [0.5, 0.6) is 0 Å². The molecule has 0 aliphatic carbocycles. The van der Waals surface area contributed by atoms with Crippen LogP contribution in [-0.4, -0.2) is 26.0 Å². The van der Waals surface area contributed by atoms with Crippen molar-refractivity contribution in [2.75, 3.05) is 11.3 Å². The van der Waals surface area contributed by atoms with Crippen LogP contribution in [0.15, 0.2) is 18.2 Å². The SMILES string of the molecule is CCNS(=O)(=O)Nc1ccc(C(=O)O)cc1Cl. The van der Waals surface area contributed by atoms with E-state index in [-0.39, 0.29) is 22.8 Å². The van der Waals surface area contributed by atoms with E-state index in [1.165, 1.54) is 18.2 Å². The Hall–Kier alpha value is -1.31. The van der Waals surface area contributed by atoms with Gasteiger partial charge in [-0.05, 0) is 18.2 Å². The zero-order valence-corrected chi connectivity index (χ0v) is 10.5. The van der Waals surface area contributed by atoms with Gasteiger partial charge in [0.1, 0.15) is 0 Å². The maximum Gasteiger partial charge on any atom is 0.335 e. The Bertz CT molecular complexity index is 530. The second-order valence-corrected chi connectivity index (χ2v) is 5.01. The van der Waals surface area contributed by atoms with Gasteiger partial charge in [0.15, 0.2) is 0 Å². The Morgan fingerprint density at radius 3 is 2.59 bits per heavy atom. The Balaban J connectivity index is 2.98. The van der Waals surface area contributed by atoms with Crippen LogP contribution < -0.4 is 9.44 Å². The van der Waals surface area contributed by atoms with Gasteiger partial charge < -0.3 is 5.11 Å². The molecule has 94 valence electrons. The molecule has 0 amide bonds. The van der Waals surface area contributed by atoms with Crippen molar-refractivity contribution < 1.29 is 18.3 Å². The van der Waals surface area contributed by atoms with Crippen LogP contribution in [0.1, 0.15) is 17.3 Å².